The van der Waals surface area contributed by atoms with E-state index in [1.54, 1.807) is 6.92 Å². The van der Waals surface area contributed by atoms with Crippen LogP contribution in [0, 0.1) is 6.92 Å². The van der Waals surface area contributed by atoms with E-state index in [0.717, 1.165) is 0 Å². The molecular formula is C3H7N. The van der Waals surface area contributed by atoms with Gasteiger partial charge in [-0.25, -0.2) is 0 Å². The minimum absolute atomic E-state index is 0.167. The molecule has 0 rings (SSSR count). The van der Waals surface area contributed by atoms with Crippen molar-refractivity contribution in [2.24, 2.45) is 5.73 Å². The van der Waals surface area contributed by atoms with E-state index in [1.807, 2.05) is 0 Å². The molecule has 0 spiro atoms. The molecule has 0 aliphatic rings. The summed E-state index contributed by atoms with van der Waals surface area (Å²) in [6, 6.07) is -0.167. The largest absolute Gasteiger partial charge is 0.328 e. The van der Waals surface area contributed by atoms with Crippen molar-refractivity contribution in [2.75, 3.05) is 0 Å². The Hall–Kier alpha value is -0.0400. The molecule has 0 aromatic heterocycles. The van der Waals surface area contributed by atoms with Gasteiger partial charge in [-0.15, -0.1) is 0 Å². The molecule has 2 N–H and O–H groups in total. The van der Waals surface area contributed by atoms with Gasteiger partial charge in [0, 0.05) is 6.04 Å². The first kappa shape index (κ1) is 3.96. The van der Waals surface area contributed by atoms with Crippen molar-refractivity contribution < 1.29 is 0 Å². The third-order valence-corrected chi connectivity index (χ3v) is 0. The number of nitrogens with two attached hydrogens (primary N) is 1. The van der Waals surface area contributed by atoms with Crippen LogP contribution in [0.3, 0.4) is 0 Å². The number of hydrogen-bond acceptors (Lipinski definition) is 1. The summed E-state index contributed by atoms with van der Waals surface area (Å²) in [5, 5.41) is 0. The molecule has 0 amide bonds. The quantitative estimate of drug-likeness (QED) is 0.417. The maximum atomic E-state index is 4.89. The van der Waals surface area contributed by atoms with Crippen LogP contribution in [0.2, 0.25) is 0 Å². The Labute approximate surface area is 26.8 Å². The van der Waals surface area contributed by atoms with Crippen molar-refractivity contribution in [3.05, 3.63) is 6.92 Å². The Morgan fingerprint density at radius 3 is 2.00 bits per heavy atom. The zero-order chi connectivity index (χ0) is 3.58. The van der Waals surface area contributed by atoms with Crippen LogP contribution in [0.5, 0.6) is 0 Å². The van der Waals surface area contributed by atoms with Gasteiger partial charge in [0.15, 0.2) is 0 Å². The highest BCUT2D eigenvalue weighted by atomic mass is 14.6. The molecule has 0 heterocycles. The first-order valence-electron chi connectivity index (χ1n) is 1.24. The van der Waals surface area contributed by atoms with Crippen molar-refractivity contribution >= 4 is 0 Å². The summed E-state index contributed by atoms with van der Waals surface area (Å²) in [6.07, 6.45) is 0. The van der Waals surface area contributed by atoms with Gasteiger partial charge in [-0.05, 0) is 13.8 Å². The average Bonchev–Trinajstić information content (AvgIpc) is 0.811. The summed E-state index contributed by atoms with van der Waals surface area (Å²) in [4.78, 5) is 0. The number of hydrogen-bond donors (Lipinski definition) is 1. The van der Waals surface area contributed by atoms with Gasteiger partial charge in [0.05, 0.1) is 0 Å². The normalized spacial score (nSPS) is 9.00. The third-order valence-electron chi connectivity index (χ3n) is 0. The molecule has 0 saturated carbocycles. The second-order valence-electron chi connectivity index (χ2n) is 0.859. The monoisotopic (exact) mass is 57.1 g/mol. The summed E-state index contributed by atoms with van der Waals surface area (Å²) >= 11 is 0. The number of rotatable bonds is 0. The van der Waals surface area contributed by atoms with E-state index in [9.17, 15) is 0 Å². The molecule has 1 atom stereocenters. The van der Waals surface area contributed by atoms with Crippen LogP contribution < -0.4 is 5.73 Å². The van der Waals surface area contributed by atoms with Gasteiger partial charge >= 0.3 is 0 Å². The molecule has 0 bridgehead atoms. The Morgan fingerprint density at radius 2 is 2.00 bits per heavy atom. The van der Waals surface area contributed by atoms with Crippen LogP contribution in [0.25, 0.3) is 0 Å². The van der Waals surface area contributed by atoms with Crippen LogP contribution in [0.15, 0.2) is 0 Å². The van der Waals surface area contributed by atoms with Crippen LogP contribution in [0.1, 0.15) is 6.92 Å². The third kappa shape index (κ3) is 1130. The SMILES string of the molecule is [CH]C(C)N. The lowest BCUT2D eigenvalue weighted by Crippen LogP contribution is -2.07. The summed E-state index contributed by atoms with van der Waals surface area (Å²) in [5.74, 6) is 0. The molecule has 4 heavy (non-hydrogen) atoms. The molecule has 0 aromatic rings. The van der Waals surface area contributed by atoms with E-state index in [0.29, 0.717) is 0 Å². The van der Waals surface area contributed by atoms with Gasteiger partial charge < -0.3 is 5.73 Å². The highest BCUT2D eigenvalue weighted by Crippen LogP contribution is 1.56. The van der Waals surface area contributed by atoms with E-state index in [-0.39, 0.29) is 6.04 Å². The minimum Gasteiger partial charge on any atom is -0.328 e. The lowest BCUT2D eigenvalue weighted by atomic mass is 10.5. The lowest BCUT2D eigenvalue weighted by molar-refractivity contribution is 0.923. The molecule has 1 unspecified atom stereocenters. The zero-order valence-corrected chi connectivity index (χ0v) is 2.73. The Balaban J connectivity index is 2.32. The molecule has 1 heteroatoms. The average molecular weight is 57.1 g/mol. The molecular weight excluding hydrogens is 50.0 g/mol. The highest BCUT2D eigenvalue weighted by Gasteiger charge is 1.68. The van der Waals surface area contributed by atoms with Crippen LogP contribution in [0.4, 0.5) is 0 Å². The summed E-state index contributed by atoms with van der Waals surface area (Å²) in [6.45, 7) is 6.61. The molecule has 1 nitrogen and oxygen atoms in total. The van der Waals surface area contributed by atoms with Gasteiger partial charge in [-0.1, -0.05) is 0 Å². The van der Waals surface area contributed by atoms with E-state index in [1.165, 1.54) is 0 Å². The lowest BCUT2D eigenvalue weighted by Gasteiger charge is -1.80. The van der Waals surface area contributed by atoms with Crippen molar-refractivity contribution in [1.29, 1.82) is 0 Å². The summed E-state index contributed by atoms with van der Waals surface area (Å²) in [5.41, 5.74) is 4.89. The van der Waals surface area contributed by atoms with Crippen molar-refractivity contribution in [1.82, 2.24) is 0 Å². The van der Waals surface area contributed by atoms with E-state index in [2.05, 4.69) is 0 Å². The van der Waals surface area contributed by atoms with Crippen LogP contribution in [-0.2, 0) is 0 Å². The van der Waals surface area contributed by atoms with Gasteiger partial charge in [0.25, 0.3) is 0 Å². The second-order valence-corrected chi connectivity index (χ2v) is 0.859. The minimum atomic E-state index is -0.167. The van der Waals surface area contributed by atoms with Crippen LogP contribution >= 0.6 is 0 Å². The van der Waals surface area contributed by atoms with Gasteiger partial charge in [-0.3, -0.25) is 0 Å². The smallest absolute Gasteiger partial charge is 0.00454 e. The van der Waals surface area contributed by atoms with Crippen molar-refractivity contribution in [3.63, 3.8) is 0 Å². The predicted octanol–water partition coefficient (Wildman–Crippen LogP) is 0.0447. The van der Waals surface area contributed by atoms with E-state index < -0.39 is 0 Å². The molecule has 0 aromatic carbocycles. The van der Waals surface area contributed by atoms with E-state index >= 15 is 0 Å². The maximum Gasteiger partial charge on any atom is 0.00454 e. The fourth-order valence-electron chi connectivity index (χ4n) is 0. The molecule has 0 fully saturated rings. The molecule has 0 saturated heterocycles. The Kier molecular flexibility index (Phi) is 1.28. The van der Waals surface area contributed by atoms with Gasteiger partial charge in [0.1, 0.15) is 0 Å². The zero-order valence-electron chi connectivity index (χ0n) is 2.73. The Bertz CT molecular complexity index is 8.00. The van der Waals surface area contributed by atoms with Crippen molar-refractivity contribution in [3.8, 4) is 0 Å². The molecule has 24 valence electrons. The molecule has 0 aliphatic carbocycles. The summed E-state index contributed by atoms with van der Waals surface area (Å²) in [7, 11) is 0. The Morgan fingerprint density at radius 1 is 2.00 bits per heavy atom. The molecule has 2 radical (unpaired) electrons. The predicted molar refractivity (Wildman–Crippen MR) is 17.9 cm³/mol. The second kappa shape index (κ2) is 1.30. The summed E-state index contributed by atoms with van der Waals surface area (Å²) < 4.78 is 0. The first-order valence-corrected chi connectivity index (χ1v) is 1.24. The van der Waals surface area contributed by atoms with Gasteiger partial charge in [-0.2, -0.15) is 0 Å². The standard InChI is InChI=1S/C3H7N/c1-3(2)4/h1,3H,4H2,2H3. The first-order chi connectivity index (χ1) is 1.73. The fourth-order valence-corrected chi connectivity index (χ4v) is 0. The fraction of sp³-hybridized carbons (Fsp3) is 0.667. The van der Waals surface area contributed by atoms with Crippen molar-refractivity contribution in [2.45, 2.75) is 13.0 Å². The molecule has 0 aliphatic heterocycles. The van der Waals surface area contributed by atoms with E-state index in [4.69, 9.17) is 12.7 Å². The highest BCUT2D eigenvalue weighted by molar-refractivity contribution is 4.49. The maximum absolute atomic E-state index is 4.89. The van der Waals surface area contributed by atoms with Crippen LogP contribution in [-0.4, -0.2) is 6.04 Å². The topological polar surface area (TPSA) is 26.0 Å². The van der Waals surface area contributed by atoms with Gasteiger partial charge in [0.2, 0.25) is 0 Å².